The van der Waals surface area contributed by atoms with Gasteiger partial charge < -0.3 is 19.8 Å². The number of H-pyrrole nitrogens is 1. The molecule has 1 saturated carbocycles. The maximum absolute atomic E-state index is 5.51. The number of hydrogen-bond donors (Lipinski definition) is 2. The fourth-order valence-electron chi connectivity index (χ4n) is 5.27. The molecule has 1 fully saturated rings. The van der Waals surface area contributed by atoms with Gasteiger partial charge in [-0.3, -0.25) is 0 Å². The monoisotopic (exact) mass is 376 g/mol. The Morgan fingerprint density at radius 2 is 1.86 bits per heavy atom. The Morgan fingerprint density at radius 3 is 2.68 bits per heavy atom. The second kappa shape index (κ2) is 6.85. The molecule has 146 valence electrons. The van der Waals surface area contributed by atoms with E-state index in [0.717, 1.165) is 17.9 Å². The zero-order chi connectivity index (χ0) is 19.3. The third-order valence-electron chi connectivity index (χ3n) is 6.56. The van der Waals surface area contributed by atoms with Crippen LogP contribution in [0, 0.1) is 6.92 Å². The summed E-state index contributed by atoms with van der Waals surface area (Å²) in [4.78, 5) is 3.76. The third-order valence-corrected chi connectivity index (χ3v) is 6.56. The number of nitrogens with one attached hydrogen (secondary N) is 2. The van der Waals surface area contributed by atoms with Crippen LogP contribution in [0.2, 0.25) is 0 Å². The van der Waals surface area contributed by atoms with Crippen molar-refractivity contribution in [2.45, 2.75) is 50.6 Å². The zero-order valence-electron chi connectivity index (χ0n) is 16.8. The highest BCUT2D eigenvalue weighted by atomic mass is 16.5. The molecule has 2 N–H and O–H groups in total. The minimum Gasteiger partial charge on any atom is -0.493 e. The van der Waals surface area contributed by atoms with Gasteiger partial charge in [-0.15, -0.1) is 0 Å². The van der Waals surface area contributed by atoms with Crippen LogP contribution in [0.25, 0.3) is 10.9 Å². The molecule has 1 aliphatic carbocycles. The summed E-state index contributed by atoms with van der Waals surface area (Å²) in [6.45, 7) is 2.19. The van der Waals surface area contributed by atoms with Gasteiger partial charge in [0.15, 0.2) is 11.5 Å². The van der Waals surface area contributed by atoms with Crippen LogP contribution in [0.3, 0.4) is 0 Å². The van der Waals surface area contributed by atoms with E-state index in [1.807, 2.05) is 6.07 Å². The van der Waals surface area contributed by atoms with Crippen LogP contribution >= 0.6 is 0 Å². The maximum Gasteiger partial charge on any atom is 0.160 e. The molecule has 0 saturated heterocycles. The first kappa shape index (κ1) is 17.6. The number of hydrogen-bond acceptors (Lipinski definition) is 3. The molecule has 3 unspecified atom stereocenters. The molecule has 2 aromatic carbocycles. The van der Waals surface area contributed by atoms with Gasteiger partial charge in [-0.1, -0.05) is 24.1 Å². The molecule has 28 heavy (non-hydrogen) atoms. The second-order valence-corrected chi connectivity index (χ2v) is 8.26. The minimum atomic E-state index is 0.292. The van der Waals surface area contributed by atoms with Crippen molar-refractivity contribution in [2.24, 2.45) is 0 Å². The number of aromatic nitrogens is 1. The molecular weight excluding hydrogens is 348 g/mol. The molecular formula is C24H28N2O2. The molecule has 1 aliphatic heterocycles. The van der Waals surface area contributed by atoms with E-state index in [1.54, 1.807) is 19.8 Å². The SMILES string of the molecule is COc1ccc(CC2NC3CCCC3c3c2[nH]c2ccc(C)cc32)cc1OC. The average Bonchev–Trinajstić information content (AvgIpc) is 3.31. The van der Waals surface area contributed by atoms with Gasteiger partial charge in [-0.05, 0) is 61.6 Å². The van der Waals surface area contributed by atoms with Gasteiger partial charge in [0.2, 0.25) is 0 Å². The van der Waals surface area contributed by atoms with E-state index >= 15 is 0 Å². The number of fused-ring (bicyclic) bond motifs is 5. The van der Waals surface area contributed by atoms with Crippen molar-refractivity contribution in [3.8, 4) is 11.5 Å². The van der Waals surface area contributed by atoms with Crippen LogP contribution < -0.4 is 14.8 Å². The van der Waals surface area contributed by atoms with Gasteiger partial charge in [0.1, 0.15) is 0 Å². The molecule has 4 nitrogen and oxygen atoms in total. The van der Waals surface area contributed by atoms with Crippen molar-refractivity contribution >= 4 is 10.9 Å². The fraction of sp³-hybridized carbons (Fsp3) is 0.417. The van der Waals surface area contributed by atoms with Crippen molar-refractivity contribution in [2.75, 3.05) is 14.2 Å². The number of aryl methyl sites for hydroxylation is 1. The quantitative estimate of drug-likeness (QED) is 0.672. The summed E-state index contributed by atoms with van der Waals surface area (Å²) in [5, 5.41) is 5.38. The lowest BCUT2D eigenvalue weighted by atomic mass is 9.83. The van der Waals surface area contributed by atoms with Crippen LogP contribution in [0.1, 0.15) is 53.6 Å². The number of benzene rings is 2. The molecule has 2 heterocycles. The van der Waals surface area contributed by atoms with Gasteiger partial charge in [0, 0.05) is 28.6 Å². The molecule has 0 amide bonds. The molecule has 4 heteroatoms. The molecule has 5 rings (SSSR count). The Morgan fingerprint density at radius 1 is 1.00 bits per heavy atom. The zero-order valence-corrected chi connectivity index (χ0v) is 16.8. The molecule has 3 aromatic rings. The summed E-state index contributed by atoms with van der Waals surface area (Å²) >= 11 is 0. The van der Waals surface area contributed by atoms with Gasteiger partial charge >= 0.3 is 0 Å². The predicted octanol–water partition coefficient (Wildman–Crippen LogP) is 5.02. The molecule has 0 radical (unpaired) electrons. The summed E-state index contributed by atoms with van der Waals surface area (Å²) in [7, 11) is 3.38. The van der Waals surface area contributed by atoms with E-state index in [-0.39, 0.29) is 0 Å². The van der Waals surface area contributed by atoms with Gasteiger partial charge in [0.25, 0.3) is 0 Å². The van der Waals surface area contributed by atoms with E-state index in [9.17, 15) is 0 Å². The van der Waals surface area contributed by atoms with Crippen molar-refractivity contribution in [1.82, 2.24) is 10.3 Å². The van der Waals surface area contributed by atoms with Crippen molar-refractivity contribution in [3.63, 3.8) is 0 Å². The van der Waals surface area contributed by atoms with Gasteiger partial charge in [-0.2, -0.15) is 0 Å². The van der Waals surface area contributed by atoms with E-state index in [1.165, 1.54) is 47.0 Å². The predicted molar refractivity (Wildman–Crippen MR) is 113 cm³/mol. The topological polar surface area (TPSA) is 46.3 Å². The Kier molecular flexibility index (Phi) is 4.31. The van der Waals surface area contributed by atoms with E-state index < -0.39 is 0 Å². The van der Waals surface area contributed by atoms with Crippen LogP contribution in [0.5, 0.6) is 11.5 Å². The Labute approximate surface area is 166 Å². The number of rotatable bonds is 4. The largest absolute Gasteiger partial charge is 0.493 e. The molecule has 0 bridgehead atoms. The number of methoxy groups -OCH3 is 2. The van der Waals surface area contributed by atoms with Gasteiger partial charge in [-0.25, -0.2) is 0 Å². The number of ether oxygens (including phenoxy) is 2. The first-order valence-electron chi connectivity index (χ1n) is 10.3. The highest BCUT2D eigenvalue weighted by Crippen LogP contribution is 2.46. The van der Waals surface area contributed by atoms with Crippen molar-refractivity contribution < 1.29 is 9.47 Å². The van der Waals surface area contributed by atoms with Crippen LogP contribution in [-0.4, -0.2) is 25.2 Å². The number of aromatic amines is 1. The summed E-state index contributed by atoms with van der Waals surface area (Å²) in [5.74, 6) is 2.20. The van der Waals surface area contributed by atoms with Crippen molar-refractivity contribution in [1.29, 1.82) is 0 Å². The van der Waals surface area contributed by atoms with Crippen molar-refractivity contribution in [3.05, 3.63) is 58.8 Å². The summed E-state index contributed by atoms with van der Waals surface area (Å²) in [6, 6.07) is 13.9. The van der Waals surface area contributed by atoms with Crippen LogP contribution in [0.4, 0.5) is 0 Å². The minimum absolute atomic E-state index is 0.292. The Hall–Kier alpha value is -2.46. The highest BCUT2D eigenvalue weighted by Gasteiger charge is 2.39. The standard InChI is InChI=1S/C24H28N2O2/c1-14-7-9-19-17(11-14)23-16-5-4-6-18(16)25-20(24(23)26-19)12-15-8-10-21(27-2)22(13-15)28-3/h7-11,13,16,18,20,25-26H,4-6,12H2,1-3H3. The lowest BCUT2D eigenvalue weighted by Crippen LogP contribution is -2.40. The van der Waals surface area contributed by atoms with E-state index in [2.05, 4.69) is 47.6 Å². The van der Waals surface area contributed by atoms with Crippen LogP contribution in [0.15, 0.2) is 36.4 Å². The van der Waals surface area contributed by atoms with Crippen LogP contribution in [-0.2, 0) is 6.42 Å². The first-order chi connectivity index (χ1) is 13.7. The maximum atomic E-state index is 5.51. The summed E-state index contributed by atoms with van der Waals surface area (Å²) < 4.78 is 10.9. The van der Waals surface area contributed by atoms with E-state index in [4.69, 9.17) is 9.47 Å². The summed E-state index contributed by atoms with van der Waals surface area (Å²) in [6.07, 6.45) is 4.80. The molecule has 3 atom stereocenters. The summed E-state index contributed by atoms with van der Waals surface area (Å²) in [5.41, 5.74) is 6.79. The third kappa shape index (κ3) is 2.78. The lowest BCUT2D eigenvalue weighted by molar-refractivity contribution is 0.352. The molecule has 1 aromatic heterocycles. The lowest BCUT2D eigenvalue weighted by Gasteiger charge is -2.34. The van der Waals surface area contributed by atoms with E-state index in [0.29, 0.717) is 18.0 Å². The molecule has 0 spiro atoms. The average molecular weight is 377 g/mol. The molecule has 2 aliphatic rings. The van der Waals surface area contributed by atoms with Gasteiger partial charge in [0.05, 0.1) is 20.3 Å². The highest BCUT2D eigenvalue weighted by molar-refractivity contribution is 5.86. The first-order valence-corrected chi connectivity index (χ1v) is 10.3. The second-order valence-electron chi connectivity index (χ2n) is 8.26. The fourth-order valence-corrected chi connectivity index (χ4v) is 5.27. The Bertz CT molecular complexity index is 1020. The normalized spacial score (nSPS) is 23.5. The smallest absolute Gasteiger partial charge is 0.160 e. The Balaban J connectivity index is 1.56.